The third-order valence-electron chi connectivity index (χ3n) is 2.62. The first-order valence-electron chi connectivity index (χ1n) is 5.68. The van der Waals surface area contributed by atoms with Crippen molar-refractivity contribution in [2.45, 2.75) is 38.4 Å². The summed E-state index contributed by atoms with van der Waals surface area (Å²) in [6, 6.07) is 4.10. The minimum Gasteiger partial charge on any atom is -0.395 e. The minimum atomic E-state index is 0.135. The topological polar surface area (TPSA) is 29.5 Å². The molecule has 0 spiro atoms. The van der Waals surface area contributed by atoms with E-state index in [-0.39, 0.29) is 6.61 Å². The molecule has 1 aliphatic rings. The van der Waals surface area contributed by atoms with Crippen molar-refractivity contribution in [2.75, 3.05) is 6.61 Å². The molecule has 1 aliphatic carbocycles. The zero-order valence-corrected chi connectivity index (χ0v) is 10.1. The molecule has 86 valence electrons. The van der Waals surface area contributed by atoms with Gasteiger partial charge in [0.2, 0.25) is 0 Å². The van der Waals surface area contributed by atoms with Crippen LogP contribution in [0.15, 0.2) is 12.1 Å². The van der Waals surface area contributed by atoms with Gasteiger partial charge >= 0.3 is 0 Å². The van der Waals surface area contributed by atoms with Crippen LogP contribution in [0.4, 0.5) is 0 Å². The van der Waals surface area contributed by atoms with Gasteiger partial charge in [-0.05, 0) is 31.4 Å². The number of rotatable bonds is 4. The van der Waals surface area contributed by atoms with Crippen molar-refractivity contribution in [3.8, 4) is 11.8 Å². The zero-order valence-electron chi connectivity index (χ0n) is 9.24. The van der Waals surface area contributed by atoms with Gasteiger partial charge in [0.15, 0.2) is 0 Å². The van der Waals surface area contributed by atoms with Crippen molar-refractivity contribution in [3.05, 3.63) is 21.9 Å². The first kappa shape index (κ1) is 11.7. The van der Waals surface area contributed by atoms with E-state index in [9.17, 15) is 0 Å². The molecular weight excluding hydrogens is 220 g/mol. The summed E-state index contributed by atoms with van der Waals surface area (Å²) in [4.78, 5) is 2.29. The maximum Gasteiger partial charge on any atom is 0.0813 e. The van der Waals surface area contributed by atoms with Gasteiger partial charge in [0, 0.05) is 11.3 Å². The molecule has 0 unspecified atom stereocenters. The van der Waals surface area contributed by atoms with Gasteiger partial charge in [-0.1, -0.05) is 11.8 Å². The van der Waals surface area contributed by atoms with E-state index in [1.165, 1.54) is 24.1 Å². The van der Waals surface area contributed by atoms with Gasteiger partial charge in [0.25, 0.3) is 0 Å². The molecule has 1 fully saturated rings. The zero-order chi connectivity index (χ0) is 11.2. The molecule has 1 heterocycles. The number of hydrogen-bond acceptors (Lipinski definition) is 3. The van der Waals surface area contributed by atoms with E-state index in [0.717, 1.165) is 11.5 Å². The highest BCUT2D eigenvalue weighted by Gasteiger charge is 2.17. The Kier molecular flexibility index (Phi) is 4.41. The van der Waals surface area contributed by atoms with Gasteiger partial charge in [0.05, 0.1) is 24.2 Å². The van der Waals surface area contributed by atoms with E-state index in [1.54, 1.807) is 11.3 Å². The van der Waals surface area contributed by atoms with Crippen molar-refractivity contribution < 1.29 is 9.84 Å². The number of aliphatic hydroxyl groups excluding tert-OH is 1. The van der Waals surface area contributed by atoms with Crippen molar-refractivity contribution in [2.24, 2.45) is 0 Å². The van der Waals surface area contributed by atoms with Crippen LogP contribution < -0.4 is 0 Å². The quantitative estimate of drug-likeness (QED) is 0.814. The fourth-order valence-electron chi connectivity index (χ4n) is 1.47. The lowest BCUT2D eigenvalue weighted by Crippen LogP contribution is -2.20. The summed E-state index contributed by atoms with van der Waals surface area (Å²) >= 11 is 1.68. The first-order chi connectivity index (χ1) is 7.88. The second-order valence-corrected chi connectivity index (χ2v) is 5.07. The van der Waals surface area contributed by atoms with Crippen LogP contribution in [-0.4, -0.2) is 17.8 Å². The van der Waals surface area contributed by atoms with Crippen molar-refractivity contribution in [1.82, 2.24) is 0 Å². The third-order valence-corrected chi connectivity index (χ3v) is 3.60. The largest absolute Gasteiger partial charge is 0.395 e. The Bertz CT molecular complexity index is 382. The molecule has 0 radical (unpaired) electrons. The molecule has 1 saturated carbocycles. The lowest BCUT2D eigenvalue weighted by Gasteiger charge is -2.25. The molecule has 0 atom stereocenters. The molecule has 2 rings (SSSR count). The van der Waals surface area contributed by atoms with Crippen LogP contribution in [0.1, 0.15) is 35.4 Å². The van der Waals surface area contributed by atoms with E-state index in [0.29, 0.717) is 12.5 Å². The molecule has 2 nitrogen and oxygen atoms in total. The van der Waals surface area contributed by atoms with Crippen molar-refractivity contribution in [1.29, 1.82) is 0 Å². The first-order valence-corrected chi connectivity index (χ1v) is 6.50. The lowest BCUT2D eigenvalue weighted by atomic mass is 9.96. The van der Waals surface area contributed by atoms with E-state index in [4.69, 9.17) is 9.84 Å². The summed E-state index contributed by atoms with van der Waals surface area (Å²) in [5.74, 6) is 5.96. The van der Waals surface area contributed by atoms with E-state index < -0.39 is 0 Å². The average molecular weight is 236 g/mol. The summed E-state index contributed by atoms with van der Waals surface area (Å²) in [7, 11) is 0. The normalized spacial score (nSPS) is 15.3. The molecule has 16 heavy (non-hydrogen) atoms. The second-order valence-electron chi connectivity index (χ2n) is 3.91. The van der Waals surface area contributed by atoms with Gasteiger partial charge < -0.3 is 9.84 Å². The summed E-state index contributed by atoms with van der Waals surface area (Å²) < 4.78 is 5.73. The average Bonchev–Trinajstić information content (AvgIpc) is 2.64. The van der Waals surface area contributed by atoms with Gasteiger partial charge in [-0.3, -0.25) is 0 Å². The van der Waals surface area contributed by atoms with Crippen LogP contribution in [0.5, 0.6) is 0 Å². The number of aliphatic hydroxyl groups is 1. The number of hydrogen-bond donors (Lipinski definition) is 1. The molecule has 0 bridgehead atoms. The van der Waals surface area contributed by atoms with Crippen LogP contribution in [0.3, 0.4) is 0 Å². The van der Waals surface area contributed by atoms with Crippen LogP contribution in [0.25, 0.3) is 0 Å². The highest BCUT2D eigenvalue weighted by molar-refractivity contribution is 7.12. The molecule has 1 aromatic rings. The molecule has 1 aromatic heterocycles. The molecule has 0 aromatic carbocycles. The Morgan fingerprint density at radius 1 is 1.44 bits per heavy atom. The predicted octanol–water partition coefficient (Wildman–Crippen LogP) is 2.55. The molecule has 0 aliphatic heterocycles. The third kappa shape index (κ3) is 3.34. The second kappa shape index (κ2) is 6.05. The van der Waals surface area contributed by atoms with E-state index >= 15 is 0 Å². The molecule has 0 amide bonds. The van der Waals surface area contributed by atoms with Crippen molar-refractivity contribution >= 4 is 11.3 Å². The van der Waals surface area contributed by atoms with Gasteiger partial charge in [-0.25, -0.2) is 0 Å². The van der Waals surface area contributed by atoms with Crippen LogP contribution >= 0.6 is 11.3 Å². The fraction of sp³-hybridized carbons (Fsp3) is 0.538. The van der Waals surface area contributed by atoms with Gasteiger partial charge in [-0.15, -0.1) is 11.3 Å². The van der Waals surface area contributed by atoms with Crippen LogP contribution in [0.2, 0.25) is 0 Å². The smallest absolute Gasteiger partial charge is 0.0813 e. The Labute approximate surface area is 100 Å². The summed E-state index contributed by atoms with van der Waals surface area (Å²) in [6.07, 6.45) is 4.79. The molecular formula is C13H16O2S. The SMILES string of the molecule is OCCC#Cc1ccc(COC2CCC2)s1. The molecule has 1 N–H and O–H groups in total. The maximum absolute atomic E-state index is 8.61. The van der Waals surface area contributed by atoms with Crippen LogP contribution in [-0.2, 0) is 11.3 Å². The number of thiophene rings is 1. The van der Waals surface area contributed by atoms with Gasteiger partial charge in [0.1, 0.15) is 0 Å². The highest BCUT2D eigenvalue weighted by atomic mass is 32.1. The molecule has 3 heteroatoms. The monoisotopic (exact) mass is 236 g/mol. The number of ether oxygens (including phenoxy) is 1. The fourth-order valence-corrected chi connectivity index (χ4v) is 2.27. The Morgan fingerprint density at radius 2 is 2.31 bits per heavy atom. The van der Waals surface area contributed by atoms with E-state index in [2.05, 4.69) is 17.9 Å². The van der Waals surface area contributed by atoms with Crippen molar-refractivity contribution in [3.63, 3.8) is 0 Å². The minimum absolute atomic E-state index is 0.135. The lowest BCUT2D eigenvalue weighted by molar-refractivity contribution is -0.00744. The Balaban J connectivity index is 1.80. The summed E-state index contributed by atoms with van der Waals surface area (Å²) in [5, 5.41) is 8.61. The predicted molar refractivity (Wildman–Crippen MR) is 65.3 cm³/mol. The van der Waals surface area contributed by atoms with Crippen LogP contribution in [0, 0.1) is 11.8 Å². The van der Waals surface area contributed by atoms with Gasteiger partial charge in [-0.2, -0.15) is 0 Å². The Morgan fingerprint density at radius 3 is 3.00 bits per heavy atom. The molecule has 0 saturated heterocycles. The summed E-state index contributed by atoms with van der Waals surface area (Å²) in [5.41, 5.74) is 0. The standard InChI is InChI=1S/C13H16O2S/c14-9-2-1-6-12-7-8-13(16-12)10-15-11-4-3-5-11/h7-8,11,14H,2-5,9-10H2. The Hall–Kier alpha value is -0.820. The summed E-state index contributed by atoms with van der Waals surface area (Å²) in [6.45, 7) is 0.854. The maximum atomic E-state index is 8.61. The highest BCUT2D eigenvalue weighted by Crippen LogP contribution is 2.24. The van der Waals surface area contributed by atoms with E-state index in [1.807, 2.05) is 6.07 Å².